The maximum atomic E-state index is 13.8. The van der Waals surface area contributed by atoms with Gasteiger partial charge >= 0.3 is 0 Å². The van der Waals surface area contributed by atoms with Crippen LogP contribution in [0, 0.1) is 5.82 Å². The Labute approximate surface area is 192 Å². The normalized spacial score (nSPS) is 18.2. The largest absolute Gasteiger partial charge is 0.323 e. The standard InChI is InChI=1S/C26H26ClFN4/c27-23-8-1-2-9-25(23)32-17-19-16-20(28)10-12-24(19)30-26(32)13-11-21-6-5-7-22(29-21)18-31-14-3-4-15-31/h1-2,5-10,12,16-17,26H,3-4,11,13-15,18H2/t26-/m1/s1. The monoisotopic (exact) mass is 448 g/mol. The Morgan fingerprint density at radius 1 is 0.969 bits per heavy atom. The fourth-order valence-corrected chi connectivity index (χ4v) is 4.74. The molecule has 1 saturated heterocycles. The molecule has 3 heterocycles. The molecule has 0 aliphatic carbocycles. The Hall–Kier alpha value is -2.76. The number of nitrogens with zero attached hydrogens (tertiary/aromatic N) is 4. The lowest BCUT2D eigenvalue weighted by Crippen LogP contribution is -2.42. The fourth-order valence-electron chi connectivity index (χ4n) is 4.50. The third kappa shape index (κ3) is 4.69. The summed E-state index contributed by atoms with van der Waals surface area (Å²) >= 11 is 6.51. The number of anilines is 1. The van der Waals surface area contributed by atoms with Crippen molar-refractivity contribution < 1.29 is 4.39 Å². The van der Waals surface area contributed by atoms with E-state index in [0.717, 1.165) is 60.1 Å². The molecule has 164 valence electrons. The van der Waals surface area contributed by atoms with E-state index in [1.807, 2.05) is 30.5 Å². The molecule has 0 saturated carbocycles. The van der Waals surface area contributed by atoms with E-state index in [-0.39, 0.29) is 12.0 Å². The topological polar surface area (TPSA) is 31.7 Å². The van der Waals surface area contributed by atoms with Gasteiger partial charge in [0.2, 0.25) is 0 Å². The summed E-state index contributed by atoms with van der Waals surface area (Å²) in [5, 5.41) is 2.21. The molecule has 1 atom stereocenters. The van der Waals surface area contributed by atoms with Crippen molar-refractivity contribution in [3.05, 3.63) is 93.5 Å². The summed E-state index contributed by atoms with van der Waals surface area (Å²) in [7, 11) is 0. The molecular formula is C26H26ClFN4. The predicted molar refractivity (Wildman–Crippen MR) is 126 cm³/mol. The molecule has 1 aromatic heterocycles. The third-order valence-electron chi connectivity index (χ3n) is 6.11. The maximum Gasteiger partial charge on any atom is 0.126 e. The van der Waals surface area contributed by atoms with Gasteiger partial charge in [-0.3, -0.25) is 14.9 Å². The summed E-state index contributed by atoms with van der Waals surface area (Å²) in [6.07, 6.45) is 5.95. The van der Waals surface area contributed by atoms with Gasteiger partial charge in [-0.2, -0.15) is 0 Å². The summed E-state index contributed by atoms with van der Waals surface area (Å²) in [5.41, 5.74) is 3.06. The minimum Gasteiger partial charge on any atom is -0.323 e. The van der Waals surface area contributed by atoms with Crippen molar-refractivity contribution in [2.24, 2.45) is 4.99 Å². The average molecular weight is 449 g/mol. The van der Waals surface area contributed by atoms with Gasteiger partial charge in [0, 0.05) is 23.7 Å². The molecule has 32 heavy (non-hydrogen) atoms. The quantitative estimate of drug-likeness (QED) is 0.563. The Kier molecular flexibility index (Phi) is 6.19. The van der Waals surface area contributed by atoms with E-state index in [1.54, 1.807) is 6.07 Å². The highest BCUT2D eigenvalue weighted by atomic mass is 35.5. The first-order valence-electron chi connectivity index (χ1n) is 11.2. The van der Waals surface area contributed by atoms with E-state index in [1.165, 1.54) is 25.0 Å². The smallest absolute Gasteiger partial charge is 0.126 e. The van der Waals surface area contributed by atoms with Gasteiger partial charge in [0.05, 0.1) is 21.8 Å². The summed E-state index contributed by atoms with van der Waals surface area (Å²) in [6.45, 7) is 3.24. The molecule has 4 nitrogen and oxygen atoms in total. The molecule has 0 amide bonds. The van der Waals surface area contributed by atoms with Crippen LogP contribution in [0.15, 0.2) is 65.7 Å². The van der Waals surface area contributed by atoms with Crippen LogP contribution >= 0.6 is 11.6 Å². The Balaban J connectivity index is 1.40. The number of halogens is 2. The number of benzene rings is 2. The highest BCUT2D eigenvalue weighted by Crippen LogP contribution is 2.29. The molecule has 0 radical (unpaired) electrons. The molecule has 0 bridgehead atoms. The van der Waals surface area contributed by atoms with Crippen LogP contribution in [0.4, 0.5) is 10.1 Å². The van der Waals surface area contributed by atoms with Gasteiger partial charge < -0.3 is 4.90 Å². The Morgan fingerprint density at radius 3 is 2.62 bits per heavy atom. The molecule has 0 spiro atoms. The predicted octanol–water partition coefficient (Wildman–Crippen LogP) is 4.31. The summed E-state index contributed by atoms with van der Waals surface area (Å²) in [6, 6.07) is 18.7. The Bertz CT molecular complexity index is 1220. The number of likely N-dealkylation sites (tertiary alicyclic amines) is 1. The molecule has 0 unspecified atom stereocenters. The number of hydrogen-bond donors (Lipinski definition) is 0. The van der Waals surface area contributed by atoms with Crippen LogP contribution in [0.5, 0.6) is 0 Å². The van der Waals surface area contributed by atoms with E-state index >= 15 is 0 Å². The number of aromatic nitrogens is 1. The van der Waals surface area contributed by atoms with Crippen LogP contribution in [-0.2, 0) is 13.0 Å². The molecule has 2 aromatic carbocycles. The number of rotatable bonds is 6. The lowest BCUT2D eigenvalue weighted by atomic mass is 10.1. The fraction of sp³-hybridized carbons (Fsp3) is 0.308. The number of fused-ring (bicyclic) bond motifs is 1. The molecule has 2 aliphatic rings. The number of aryl methyl sites for hydroxylation is 1. The van der Waals surface area contributed by atoms with Crippen molar-refractivity contribution in [2.75, 3.05) is 18.0 Å². The zero-order valence-corrected chi connectivity index (χ0v) is 18.7. The molecule has 0 N–H and O–H groups in total. The minimum atomic E-state index is -0.272. The molecular weight excluding hydrogens is 423 g/mol. The van der Waals surface area contributed by atoms with Crippen LogP contribution in [0.25, 0.3) is 6.20 Å². The average Bonchev–Trinajstić information content (AvgIpc) is 3.31. The van der Waals surface area contributed by atoms with Crippen molar-refractivity contribution >= 4 is 23.5 Å². The van der Waals surface area contributed by atoms with Gasteiger partial charge in [-0.05, 0) is 81.2 Å². The first kappa shape index (κ1) is 21.1. The lowest BCUT2D eigenvalue weighted by Gasteiger charge is -2.31. The van der Waals surface area contributed by atoms with Crippen LogP contribution < -0.4 is 15.5 Å². The molecule has 6 heteroatoms. The second kappa shape index (κ2) is 9.39. The molecule has 5 rings (SSSR count). The van der Waals surface area contributed by atoms with Gasteiger partial charge in [0.25, 0.3) is 0 Å². The van der Waals surface area contributed by atoms with Gasteiger partial charge in [-0.25, -0.2) is 4.39 Å². The zero-order valence-electron chi connectivity index (χ0n) is 17.9. The second-order valence-corrected chi connectivity index (χ2v) is 8.85. The maximum absolute atomic E-state index is 13.8. The van der Waals surface area contributed by atoms with E-state index in [9.17, 15) is 4.39 Å². The first-order chi connectivity index (χ1) is 15.7. The van der Waals surface area contributed by atoms with Crippen molar-refractivity contribution in [1.82, 2.24) is 9.88 Å². The van der Waals surface area contributed by atoms with E-state index in [2.05, 4.69) is 28.0 Å². The van der Waals surface area contributed by atoms with E-state index < -0.39 is 0 Å². The van der Waals surface area contributed by atoms with E-state index in [0.29, 0.717) is 5.02 Å². The summed E-state index contributed by atoms with van der Waals surface area (Å²) in [4.78, 5) is 14.4. The Morgan fingerprint density at radius 2 is 1.78 bits per heavy atom. The number of pyridine rings is 1. The van der Waals surface area contributed by atoms with Crippen LogP contribution in [0.3, 0.4) is 0 Å². The van der Waals surface area contributed by atoms with E-state index in [4.69, 9.17) is 21.6 Å². The molecule has 1 fully saturated rings. The lowest BCUT2D eigenvalue weighted by molar-refractivity contribution is 0.327. The van der Waals surface area contributed by atoms with Crippen LogP contribution in [0.1, 0.15) is 30.7 Å². The molecule has 2 aliphatic heterocycles. The highest BCUT2D eigenvalue weighted by molar-refractivity contribution is 6.33. The van der Waals surface area contributed by atoms with Gasteiger partial charge in [0.15, 0.2) is 0 Å². The van der Waals surface area contributed by atoms with Crippen molar-refractivity contribution in [3.63, 3.8) is 0 Å². The third-order valence-corrected chi connectivity index (χ3v) is 6.43. The van der Waals surface area contributed by atoms with Gasteiger partial charge in [-0.1, -0.05) is 29.8 Å². The van der Waals surface area contributed by atoms with Crippen LogP contribution in [-0.4, -0.2) is 29.1 Å². The van der Waals surface area contributed by atoms with Gasteiger partial charge in [0.1, 0.15) is 12.0 Å². The van der Waals surface area contributed by atoms with Gasteiger partial charge in [-0.15, -0.1) is 0 Å². The number of para-hydroxylation sites is 1. The minimum absolute atomic E-state index is 0.142. The zero-order chi connectivity index (χ0) is 21.9. The molecule has 3 aromatic rings. The summed E-state index contributed by atoms with van der Waals surface area (Å²) in [5.74, 6) is -0.272. The van der Waals surface area contributed by atoms with Crippen LogP contribution in [0.2, 0.25) is 5.02 Å². The van der Waals surface area contributed by atoms with Crippen molar-refractivity contribution in [3.8, 4) is 0 Å². The number of hydrogen-bond acceptors (Lipinski definition) is 4. The van der Waals surface area contributed by atoms with Crippen molar-refractivity contribution in [2.45, 2.75) is 38.4 Å². The second-order valence-electron chi connectivity index (χ2n) is 8.44. The SMILES string of the molecule is Fc1ccc2c(c1)=CN(c1ccccc1Cl)[C@H](CCc1cccc(CN3CCCC3)n1)N=2. The van der Waals surface area contributed by atoms with Crippen molar-refractivity contribution in [1.29, 1.82) is 0 Å². The highest BCUT2D eigenvalue weighted by Gasteiger charge is 2.21. The first-order valence-corrected chi connectivity index (χ1v) is 11.6. The summed E-state index contributed by atoms with van der Waals surface area (Å²) < 4.78 is 13.8.